The molecule has 3 aromatic rings. The van der Waals surface area contributed by atoms with Crippen molar-refractivity contribution < 1.29 is 9.53 Å². The second kappa shape index (κ2) is 6.91. The molecule has 0 aliphatic carbocycles. The van der Waals surface area contributed by atoms with Gasteiger partial charge in [-0.1, -0.05) is 27.3 Å². The Balaban J connectivity index is 1.93. The zero-order valence-corrected chi connectivity index (χ0v) is 16.0. The Morgan fingerprint density at radius 1 is 1.21 bits per heavy atom. The Hall–Kier alpha value is -1.92. The van der Waals surface area contributed by atoms with Crippen LogP contribution in [0.5, 0.6) is 5.75 Å². The Morgan fingerprint density at radius 2 is 1.92 bits per heavy atom. The van der Waals surface area contributed by atoms with Crippen molar-refractivity contribution in [2.45, 2.75) is 20.0 Å². The molecule has 0 unspecified atom stereocenters. The number of fused-ring (bicyclic) bond motifs is 1. The van der Waals surface area contributed by atoms with Gasteiger partial charge in [0.2, 0.25) is 0 Å². The van der Waals surface area contributed by atoms with E-state index in [2.05, 4.69) is 20.9 Å². The van der Waals surface area contributed by atoms with Crippen molar-refractivity contribution in [3.05, 3.63) is 57.3 Å². The number of rotatable bonds is 3. The fourth-order valence-corrected chi connectivity index (χ4v) is 3.88. The SMILES string of the molecule is CC(C)Oc1ccc(C(=O)N=c2sc3cc(Br)ccc3n2C)cc1. The van der Waals surface area contributed by atoms with Gasteiger partial charge in [-0.2, -0.15) is 4.99 Å². The molecule has 0 saturated heterocycles. The lowest BCUT2D eigenvalue weighted by atomic mass is 10.2. The summed E-state index contributed by atoms with van der Waals surface area (Å²) < 4.78 is 9.61. The summed E-state index contributed by atoms with van der Waals surface area (Å²) in [5.74, 6) is 0.492. The summed E-state index contributed by atoms with van der Waals surface area (Å²) >= 11 is 4.96. The molecule has 0 aliphatic rings. The molecule has 2 aromatic carbocycles. The Kier molecular flexibility index (Phi) is 4.87. The molecule has 124 valence electrons. The zero-order valence-electron chi connectivity index (χ0n) is 13.6. The summed E-state index contributed by atoms with van der Waals surface area (Å²) in [5, 5.41) is 0. The van der Waals surface area contributed by atoms with Crippen LogP contribution in [0.15, 0.2) is 51.9 Å². The van der Waals surface area contributed by atoms with Gasteiger partial charge in [-0.25, -0.2) is 0 Å². The van der Waals surface area contributed by atoms with Crippen molar-refractivity contribution in [1.82, 2.24) is 4.57 Å². The van der Waals surface area contributed by atoms with Gasteiger partial charge < -0.3 is 9.30 Å². The molecule has 1 heterocycles. The van der Waals surface area contributed by atoms with Crippen LogP contribution in [0.3, 0.4) is 0 Å². The largest absolute Gasteiger partial charge is 0.491 e. The second-order valence-corrected chi connectivity index (χ2v) is 7.59. The number of nitrogens with zero attached hydrogens (tertiary/aromatic N) is 2. The predicted octanol–water partition coefficient (Wildman–Crippen LogP) is 4.53. The van der Waals surface area contributed by atoms with Gasteiger partial charge in [0.15, 0.2) is 4.80 Å². The van der Waals surface area contributed by atoms with Crippen molar-refractivity contribution in [2.24, 2.45) is 12.0 Å². The third-order valence-electron chi connectivity index (χ3n) is 3.44. The van der Waals surface area contributed by atoms with E-state index in [-0.39, 0.29) is 12.0 Å². The number of hydrogen-bond acceptors (Lipinski definition) is 3. The highest BCUT2D eigenvalue weighted by Gasteiger charge is 2.08. The van der Waals surface area contributed by atoms with Gasteiger partial charge in [-0.3, -0.25) is 4.79 Å². The molecular formula is C18H17BrN2O2S. The first kappa shape index (κ1) is 16.9. The van der Waals surface area contributed by atoms with Crippen molar-refractivity contribution >= 4 is 43.4 Å². The van der Waals surface area contributed by atoms with Crippen LogP contribution in [0.4, 0.5) is 0 Å². The number of halogens is 1. The van der Waals surface area contributed by atoms with E-state index in [1.54, 1.807) is 24.3 Å². The Labute approximate surface area is 152 Å². The molecule has 24 heavy (non-hydrogen) atoms. The van der Waals surface area contributed by atoms with Gasteiger partial charge >= 0.3 is 0 Å². The van der Waals surface area contributed by atoms with Crippen molar-refractivity contribution in [3.63, 3.8) is 0 Å². The third-order valence-corrected chi connectivity index (χ3v) is 5.03. The summed E-state index contributed by atoms with van der Waals surface area (Å²) in [6, 6.07) is 13.1. The molecule has 0 fully saturated rings. The molecule has 0 aliphatic heterocycles. The molecule has 0 bridgehead atoms. The number of aromatic nitrogens is 1. The summed E-state index contributed by atoms with van der Waals surface area (Å²) in [6.45, 7) is 3.93. The molecule has 0 N–H and O–H groups in total. The molecule has 4 nitrogen and oxygen atoms in total. The van der Waals surface area contributed by atoms with Crippen LogP contribution in [-0.4, -0.2) is 16.6 Å². The molecule has 0 saturated carbocycles. The zero-order chi connectivity index (χ0) is 17.3. The van der Waals surface area contributed by atoms with Gasteiger partial charge in [0.1, 0.15) is 5.75 Å². The smallest absolute Gasteiger partial charge is 0.279 e. The number of carbonyl (C=O) groups is 1. The molecule has 0 atom stereocenters. The molecular weight excluding hydrogens is 388 g/mol. The summed E-state index contributed by atoms with van der Waals surface area (Å²) in [6.07, 6.45) is 0.105. The predicted molar refractivity (Wildman–Crippen MR) is 101 cm³/mol. The van der Waals surface area contributed by atoms with Crippen LogP contribution in [0, 0.1) is 0 Å². The fraction of sp³-hybridized carbons (Fsp3) is 0.222. The average molecular weight is 405 g/mol. The van der Waals surface area contributed by atoms with Crippen LogP contribution in [-0.2, 0) is 7.05 Å². The normalized spacial score (nSPS) is 12.1. The fourth-order valence-electron chi connectivity index (χ4n) is 2.31. The standard InChI is InChI=1S/C18H17BrN2O2S/c1-11(2)23-14-7-4-12(5-8-14)17(22)20-18-21(3)15-9-6-13(19)10-16(15)24-18/h4-11H,1-3H3. The molecule has 3 rings (SSSR count). The van der Waals surface area contributed by atoms with Gasteiger partial charge in [-0.05, 0) is 56.3 Å². The maximum Gasteiger partial charge on any atom is 0.279 e. The Bertz CT molecular complexity index is 955. The quantitative estimate of drug-likeness (QED) is 0.643. The van der Waals surface area contributed by atoms with Crippen molar-refractivity contribution in [1.29, 1.82) is 0 Å². The monoisotopic (exact) mass is 404 g/mol. The maximum atomic E-state index is 12.4. The minimum Gasteiger partial charge on any atom is -0.491 e. The lowest BCUT2D eigenvalue weighted by Crippen LogP contribution is -2.13. The van der Waals surface area contributed by atoms with Crippen molar-refractivity contribution in [3.8, 4) is 5.75 Å². The highest BCUT2D eigenvalue weighted by atomic mass is 79.9. The first-order chi connectivity index (χ1) is 11.4. The first-order valence-corrected chi connectivity index (χ1v) is 9.16. The number of carbonyl (C=O) groups excluding carboxylic acids is 1. The summed E-state index contributed by atoms with van der Waals surface area (Å²) in [4.78, 5) is 17.4. The van der Waals surface area contributed by atoms with Gasteiger partial charge in [0, 0.05) is 17.1 Å². The number of benzene rings is 2. The topological polar surface area (TPSA) is 43.6 Å². The molecule has 1 aromatic heterocycles. The minimum absolute atomic E-state index is 0.105. The molecule has 0 spiro atoms. The minimum atomic E-state index is -0.257. The summed E-state index contributed by atoms with van der Waals surface area (Å²) in [7, 11) is 1.92. The number of hydrogen-bond donors (Lipinski definition) is 0. The lowest BCUT2D eigenvalue weighted by molar-refractivity contribution is 0.0998. The van der Waals surface area contributed by atoms with Crippen LogP contribution in [0.1, 0.15) is 24.2 Å². The van der Waals surface area contributed by atoms with E-state index in [1.807, 2.05) is 43.7 Å². The second-order valence-electron chi connectivity index (χ2n) is 5.66. The van der Waals surface area contributed by atoms with Gasteiger partial charge in [0.05, 0.1) is 16.3 Å². The lowest BCUT2D eigenvalue weighted by Gasteiger charge is -2.09. The Morgan fingerprint density at radius 3 is 2.58 bits per heavy atom. The first-order valence-electron chi connectivity index (χ1n) is 7.55. The van der Waals surface area contributed by atoms with E-state index in [4.69, 9.17) is 4.74 Å². The van der Waals surface area contributed by atoms with E-state index in [0.29, 0.717) is 10.4 Å². The number of ether oxygens (including phenoxy) is 1. The van der Waals surface area contributed by atoms with Gasteiger partial charge in [0.25, 0.3) is 5.91 Å². The number of amides is 1. The van der Waals surface area contributed by atoms with Gasteiger partial charge in [-0.15, -0.1) is 0 Å². The molecule has 1 amide bonds. The highest BCUT2D eigenvalue weighted by molar-refractivity contribution is 9.10. The van der Waals surface area contributed by atoms with Crippen LogP contribution in [0.25, 0.3) is 10.2 Å². The highest BCUT2D eigenvalue weighted by Crippen LogP contribution is 2.21. The molecule has 0 radical (unpaired) electrons. The van der Waals surface area contributed by atoms with E-state index < -0.39 is 0 Å². The van der Waals surface area contributed by atoms with Crippen molar-refractivity contribution in [2.75, 3.05) is 0 Å². The number of aryl methyl sites for hydroxylation is 1. The van der Waals surface area contributed by atoms with E-state index in [9.17, 15) is 4.79 Å². The number of thiazole rings is 1. The van der Waals surface area contributed by atoms with E-state index in [1.165, 1.54) is 11.3 Å². The van der Waals surface area contributed by atoms with Crippen LogP contribution in [0.2, 0.25) is 0 Å². The maximum absolute atomic E-state index is 12.4. The summed E-state index contributed by atoms with van der Waals surface area (Å²) in [5.41, 5.74) is 1.60. The van der Waals surface area contributed by atoms with E-state index >= 15 is 0 Å². The molecule has 6 heteroatoms. The van der Waals surface area contributed by atoms with Crippen LogP contribution >= 0.6 is 27.3 Å². The van der Waals surface area contributed by atoms with E-state index in [0.717, 1.165) is 20.4 Å². The third kappa shape index (κ3) is 3.60. The van der Waals surface area contributed by atoms with Crippen LogP contribution < -0.4 is 9.54 Å². The average Bonchev–Trinajstić information content (AvgIpc) is 2.82.